The molecule has 0 spiro atoms. The number of ether oxygens (including phenoxy) is 1. The SMILES string of the molecule is CCC(C)S(=O)(=O)NCC1=CC=C2OCC(N)C(Cc3ccccc3)C2C1. The maximum Gasteiger partial charge on any atom is 0.214 e. The molecule has 1 saturated heterocycles. The number of rotatable bonds is 7. The van der Waals surface area contributed by atoms with E-state index < -0.39 is 10.0 Å². The Morgan fingerprint density at radius 2 is 2.00 bits per heavy atom. The zero-order valence-electron chi connectivity index (χ0n) is 16.1. The number of fused-ring (bicyclic) bond motifs is 1. The Labute approximate surface area is 162 Å². The lowest BCUT2D eigenvalue weighted by atomic mass is 9.74. The Morgan fingerprint density at radius 3 is 2.70 bits per heavy atom. The second-order valence-electron chi connectivity index (χ2n) is 7.62. The Balaban J connectivity index is 1.70. The van der Waals surface area contributed by atoms with E-state index >= 15 is 0 Å². The van der Waals surface area contributed by atoms with Crippen LogP contribution in [0.2, 0.25) is 0 Å². The molecule has 2 aliphatic rings. The molecule has 0 amide bonds. The van der Waals surface area contributed by atoms with Gasteiger partial charge < -0.3 is 10.5 Å². The lowest BCUT2D eigenvalue weighted by Gasteiger charge is -2.40. The fourth-order valence-corrected chi connectivity index (χ4v) is 4.88. The van der Waals surface area contributed by atoms with Gasteiger partial charge >= 0.3 is 0 Å². The van der Waals surface area contributed by atoms with E-state index in [1.165, 1.54) is 5.56 Å². The summed E-state index contributed by atoms with van der Waals surface area (Å²) in [5.41, 5.74) is 8.74. The van der Waals surface area contributed by atoms with E-state index in [0.29, 0.717) is 19.6 Å². The van der Waals surface area contributed by atoms with Crippen molar-refractivity contribution in [1.29, 1.82) is 0 Å². The Morgan fingerprint density at radius 1 is 1.26 bits per heavy atom. The molecular formula is C21H30N2O3S. The molecule has 1 fully saturated rings. The van der Waals surface area contributed by atoms with E-state index in [9.17, 15) is 8.42 Å². The van der Waals surface area contributed by atoms with Crippen molar-refractivity contribution >= 4 is 10.0 Å². The number of nitrogens with one attached hydrogen (secondary N) is 1. The summed E-state index contributed by atoms with van der Waals surface area (Å²) >= 11 is 0. The highest BCUT2D eigenvalue weighted by molar-refractivity contribution is 7.90. The zero-order chi connectivity index (χ0) is 19.4. The predicted molar refractivity (Wildman–Crippen MR) is 109 cm³/mol. The first kappa shape index (κ1) is 20.1. The fraction of sp³-hybridized carbons (Fsp3) is 0.524. The zero-order valence-corrected chi connectivity index (χ0v) is 16.9. The minimum Gasteiger partial charge on any atom is -0.496 e. The fourth-order valence-electron chi connectivity index (χ4n) is 3.77. The maximum absolute atomic E-state index is 12.2. The van der Waals surface area contributed by atoms with Crippen molar-refractivity contribution in [2.24, 2.45) is 17.6 Å². The highest BCUT2D eigenvalue weighted by atomic mass is 32.2. The average Bonchev–Trinajstić information content (AvgIpc) is 2.68. The number of nitrogens with two attached hydrogens (primary N) is 1. The largest absolute Gasteiger partial charge is 0.496 e. The van der Waals surface area contributed by atoms with Gasteiger partial charge in [-0.2, -0.15) is 0 Å². The molecule has 6 heteroatoms. The van der Waals surface area contributed by atoms with Crippen LogP contribution in [-0.4, -0.2) is 32.9 Å². The van der Waals surface area contributed by atoms with Crippen LogP contribution in [0.1, 0.15) is 32.3 Å². The van der Waals surface area contributed by atoms with Gasteiger partial charge in [0.15, 0.2) is 0 Å². The van der Waals surface area contributed by atoms with Crippen molar-refractivity contribution in [3.05, 3.63) is 59.4 Å². The van der Waals surface area contributed by atoms with Crippen LogP contribution in [0.25, 0.3) is 0 Å². The first-order chi connectivity index (χ1) is 12.9. The quantitative estimate of drug-likeness (QED) is 0.750. The number of hydrogen-bond donors (Lipinski definition) is 2. The molecule has 1 aliphatic heterocycles. The molecule has 4 unspecified atom stereocenters. The predicted octanol–water partition coefficient (Wildman–Crippen LogP) is 2.75. The second kappa shape index (κ2) is 8.59. The summed E-state index contributed by atoms with van der Waals surface area (Å²) < 4.78 is 33.1. The van der Waals surface area contributed by atoms with Gasteiger partial charge in [0.05, 0.1) is 11.0 Å². The van der Waals surface area contributed by atoms with Crippen LogP contribution in [0.3, 0.4) is 0 Å². The molecule has 1 aliphatic carbocycles. The molecule has 148 valence electrons. The van der Waals surface area contributed by atoms with Crippen molar-refractivity contribution in [3.63, 3.8) is 0 Å². The van der Waals surface area contributed by atoms with E-state index in [2.05, 4.69) is 16.9 Å². The minimum atomic E-state index is -3.28. The molecule has 0 aromatic heterocycles. The Bertz CT molecular complexity index is 802. The molecule has 3 rings (SSSR count). The molecular weight excluding hydrogens is 360 g/mol. The second-order valence-corrected chi connectivity index (χ2v) is 9.80. The topological polar surface area (TPSA) is 81.4 Å². The number of sulfonamides is 1. The van der Waals surface area contributed by atoms with Crippen LogP contribution in [0.5, 0.6) is 0 Å². The smallest absolute Gasteiger partial charge is 0.214 e. The lowest BCUT2D eigenvalue weighted by molar-refractivity contribution is 0.0618. The van der Waals surface area contributed by atoms with Crippen molar-refractivity contribution < 1.29 is 13.2 Å². The maximum atomic E-state index is 12.2. The molecule has 5 nitrogen and oxygen atoms in total. The summed E-state index contributed by atoms with van der Waals surface area (Å²) in [6, 6.07) is 10.4. The monoisotopic (exact) mass is 390 g/mol. The van der Waals surface area contributed by atoms with Crippen LogP contribution >= 0.6 is 0 Å². The molecule has 1 aromatic carbocycles. The van der Waals surface area contributed by atoms with Crippen LogP contribution < -0.4 is 10.5 Å². The summed E-state index contributed by atoms with van der Waals surface area (Å²) in [5.74, 6) is 1.45. The third kappa shape index (κ3) is 4.81. The van der Waals surface area contributed by atoms with Crippen LogP contribution in [0.15, 0.2) is 53.8 Å². The molecule has 1 aromatic rings. The van der Waals surface area contributed by atoms with Gasteiger partial charge in [0.2, 0.25) is 10.0 Å². The van der Waals surface area contributed by atoms with Gasteiger partial charge in [0.25, 0.3) is 0 Å². The van der Waals surface area contributed by atoms with E-state index in [1.54, 1.807) is 6.92 Å². The van der Waals surface area contributed by atoms with Gasteiger partial charge in [-0.1, -0.05) is 48.9 Å². The third-order valence-corrected chi connectivity index (χ3v) is 7.70. The molecule has 4 atom stereocenters. The summed E-state index contributed by atoms with van der Waals surface area (Å²) in [6.45, 7) is 4.50. The third-order valence-electron chi connectivity index (χ3n) is 5.76. The highest BCUT2D eigenvalue weighted by Gasteiger charge is 2.37. The van der Waals surface area contributed by atoms with Gasteiger partial charge in [-0.05, 0) is 43.7 Å². The van der Waals surface area contributed by atoms with Crippen LogP contribution in [0, 0.1) is 11.8 Å². The summed E-state index contributed by atoms with van der Waals surface area (Å²) in [4.78, 5) is 0. The van der Waals surface area contributed by atoms with Gasteiger partial charge in [-0.25, -0.2) is 13.1 Å². The number of hydrogen-bond acceptors (Lipinski definition) is 4. The summed E-state index contributed by atoms with van der Waals surface area (Å²) in [7, 11) is -3.28. The molecule has 0 saturated carbocycles. The van der Waals surface area contributed by atoms with Crippen molar-refractivity contribution in [2.45, 2.75) is 44.4 Å². The molecule has 3 N–H and O–H groups in total. The van der Waals surface area contributed by atoms with Gasteiger partial charge in [-0.3, -0.25) is 0 Å². The van der Waals surface area contributed by atoms with E-state index in [1.807, 2.05) is 37.3 Å². The van der Waals surface area contributed by atoms with Gasteiger partial charge in [0.1, 0.15) is 6.61 Å². The normalized spacial score (nSPS) is 26.4. The minimum absolute atomic E-state index is 0.0245. The first-order valence-corrected chi connectivity index (χ1v) is 11.3. The van der Waals surface area contributed by atoms with Crippen LogP contribution in [0.4, 0.5) is 0 Å². The lowest BCUT2D eigenvalue weighted by Crippen LogP contribution is -2.46. The first-order valence-electron chi connectivity index (χ1n) is 9.71. The Kier molecular flexibility index (Phi) is 6.40. The highest BCUT2D eigenvalue weighted by Crippen LogP contribution is 2.38. The molecule has 1 heterocycles. The van der Waals surface area contributed by atoms with Gasteiger partial charge in [-0.15, -0.1) is 0 Å². The standard InChI is InChI=1S/C21H30N2O3S/c1-3-15(2)27(24,25)23-13-17-9-10-21-19(12-17)18(20(22)14-26-21)11-16-7-5-4-6-8-16/h4-10,15,18-20,23H,3,11-14,22H2,1-2H3. The number of allylic oxidation sites excluding steroid dienone is 3. The van der Waals surface area contributed by atoms with E-state index in [4.69, 9.17) is 10.5 Å². The van der Waals surface area contributed by atoms with Crippen molar-refractivity contribution in [2.75, 3.05) is 13.2 Å². The molecule has 27 heavy (non-hydrogen) atoms. The van der Waals surface area contributed by atoms with Gasteiger partial charge in [0, 0.05) is 18.5 Å². The van der Waals surface area contributed by atoms with Crippen molar-refractivity contribution in [3.8, 4) is 0 Å². The van der Waals surface area contributed by atoms with Crippen molar-refractivity contribution in [1.82, 2.24) is 4.72 Å². The molecule has 0 bridgehead atoms. The Hall–Kier alpha value is -1.63. The summed E-state index contributed by atoms with van der Waals surface area (Å²) in [5, 5.41) is -0.384. The molecule has 0 radical (unpaired) electrons. The van der Waals surface area contributed by atoms with E-state index in [0.717, 1.165) is 24.2 Å². The number of benzene rings is 1. The average molecular weight is 391 g/mol. The van der Waals surface area contributed by atoms with E-state index in [-0.39, 0.29) is 23.1 Å². The van der Waals surface area contributed by atoms with Crippen LogP contribution in [-0.2, 0) is 21.2 Å². The summed E-state index contributed by atoms with van der Waals surface area (Å²) in [6.07, 6.45) is 6.26.